The Labute approximate surface area is 98.2 Å². The van der Waals surface area contributed by atoms with E-state index in [2.05, 4.69) is 4.74 Å². The van der Waals surface area contributed by atoms with Gasteiger partial charge in [0.05, 0.1) is 5.02 Å². The highest BCUT2D eigenvalue weighted by molar-refractivity contribution is 6.32. The summed E-state index contributed by atoms with van der Waals surface area (Å²) in [7, 11) is 0. The van der Waals surface area contributed by atoms with E-state index >= 15 is 0 Å². The predicted molar refractivity (Wildman–Crippen MR) is 50.7 cm³/mol. The first-order valence-corrected chi connectivity index (χ1v) is 4.54. The summed E-state index contributed by atoms with van der Waals surface area (Å²) in [5.41, 5.74) is -0.142. The molecule has 1 atom stereocenters. The van der Waals surface area contributed by atoms with Crippen LogP contribution in [-0.4, -0.2) is 22.5 Å². The van der Waals surface area contributed by atoms with Gasteiger partial charge < -0.3 is 14.9 Å². The molecule has 0 aromatic heterocycles. The molecule has 8 heteroatoms. The second kappa shape index (κ2) is 4.80. The van der Waals surface area contributed by atoms with Gasteiger partial charge in [-0.05, 0) is 17.7 Å². The van der Waals surface area contributed by atoms with Gasteiger partial charge in [0.2, 0.25) is 0 Å². The Morgan fingerprint density at radius 3 is 2.41 bits per heavy atom. The standard InChI is InChI=1S/C9H6ClF3O4/c10-5-3-4(7(14)8(15)16)1-2-6(5)17-9(11,12)13/h1-3,7,14H,(H,15,16). The average Bonchev–Trinajstić information content (AvgIpc) is 2.18. The molecule has 0 aliphatic carbocycles. The molecular formula is C9H6ClF3O4. The Balaban J connectivity index is 2.98. The van der Waals surface area contributed by atoms with Gasteiger partial charge in [0.15, 0.2) is 6.10 Å². The molecule has 0 saturated carbocycles. The minimum atomic E-state index is -4.89. The summed E-state index contributed by atoms with van der Waals surface area (Å²) in [6.07, 6.45) is -6.75. The van der Waals surface area contributed by atoms with Gasteiger partial charge in [-0.2, -0.15) is 0 Å². The third-order valence-corrected chi connectivity index (χ3v) is 2.03. The van der Waals surface area contributed by atoms with Crippen molar-refractivity contribution in [2.75, 3.05) is 0 Å². The van der Waals surface area contributed by atoms with Crippen molar-refractivity contribution in [2.24, 2.45) is 0 Å². The van der Waals surface area contributed by atoms with Gasteiger partial charge in [-0.1, -0.05) is 17.7 Å². The molecule has 1 rings (SSSR count). The number of carboxylic acids is 1. The fraction of sp³-hybridized carbons (Fsp3) is 0.222. The smallest absolute Gasteiger partial charge is 0.479 e. The average molecular weight is 271 g/mol. The summed E-state index contributed by atoms with van der Waals surface area (Å²) >= 11 is 5.46. The van der Waals surface area contributed by atoms with E-state index in [-0.39, 0.29) is 5.56 Å². The molecule has 0 aliphatic heterocycles. The maximum atomic E-state index is 11.9. The van der Waals surface area contributed by atoms with Crippen LogP contribution < -0.4 is 4.74 Å². The zero-order valence-electron chi connectivity index (χ0n) is 8.03. The van der Waals surface area contributed by atoms with Crippen molar-refractivity contribution in [3.63, 3.8) is 0 Å². The number of hydrogen-bond donors (Lipinski definition) is 2. The van der Waals surface area contributed by atoms with Gasteiger partial charge in [-0.15, -0.1) is 13.2 Å². The molecular weight excluding hydrogens is 265 g/mol. The molecule has 17 heavy (non-hydrogen) atoms. The Bertz CT molecular complexity index is 433. The van der Waals surface area contributed by atoms with Crippen LogP contribution in [0, 0.1) is 0 Å². The van der Waals surface area contributed by atoms with E-state index in [1.165, 1.54) is 0 Å². The number of alkyl halides is 3. The van der Waals surface area contributed by atoms with E-state index < -0.39 is 29.2 Å². The molecule has 0 aliphatic rings. The molecule has 0 saturated heterocycles. The van der Waals surface area contributed by atoms with E-state index in [0.717, 1.165) is 18.2 Å². The van der Waals surface area contributed by atoms with Gasteiger partial charge in [0.25, 0.3) is 0 Å². The van der Waals surface area contributed by atoms with Crippen LogP contribution in [0.5, 0.6) is 5.75 Å². The van der Waals surface area contributed by atoms with Gasteiger partial charge in [0, 0.05) is 0 Å². The number of rotatable bonds is 3. The predicted octanol–water partition coefficient (Wildman–Crippen LogP) is 2.36. The molecule has 1 aromatic rings. The highest BCUT2D eigenvalue weighted by Gasteiger charge is 2.32. The van der Waals surface area contributed by atoms with Crippen molar-refractivity contribution in [3.8, 4) is 5.75 Å². The van der Waals surface area contributed by atoms with Crippen molar-refractivity contribution < 1.29 is 32.9 Å². The highest BCUT2D eigenvalue weighted by atomic mass is 35.5. The summed E-state index contributed by atoms with van der Waals surface area (Å²) < 4.78 is 39.2. The lowest BCUT2D eigenvalue weighted by Gasteiger charge is -2.12. The van der Waals surface area contributed by atoms with E-state index in [1.54, 1.807) is 0 Å². The molecule has 0 spiro atoms. The quantitative estimate of drug-likeness (QED) is 0.885. The maximum Gasteiger partial charge on any atom is 0.573 e. The molecule has 0 fully saturated rings. The molecule has 1 unspecified atom stereocenters. The van der Waals surface area contributed by atoms with Crippen molar-refractivity contribution >= 4 is 17.6 Å². The van der Waals surface area contributed by atoms with E-state index in [4.69, 9.17) is 21.8 Å². The number of carbonyl (C=O) groups is 1. The fourth-order valence-electron chi connectivity index (χ4n) is 1.04. The van der Waals surface area contributed by atoms with Gasteiger partial charge in [-0.25, -0.2) is 4.79 Å². The lowest BCUT2D eigenvalue weighted by atomic mass is 10.1. The minimum absolute atomic E-state index is 0.142. The first-order chi connectivity index (χ1) is 7.70. The summed E-state index contributed by atoms with van der Waals surface area (Å²) in [4.78, 5) is 10.4. The monoisotopic (exact) mass is 270 g/mol. The fourth-order valence-corrected chi connectivity index (χ4v) is 1.26. The summed E-state index contributed by atoms with van der Waals surface area (Å²) in [6.45, 7) is 0. The van der Waals surface area contributed by atoms with E-state index in [0.29, 0.717) is 0 Å². The molecule has 2 N–H and O–H groups in total. The molecule has 94 valence electrons. The number of halogens is 4. The van der Waals surface area contributed by atoms with Crippen LogP contribution in [-0.2, 0) is 4.79 Å². The summed E-state index contributed by atoms with van der Waals surface area (Å²) in [5, 5.41) is 17.2. The number of aliphatic hydroxyl groups excluding tert-OH is 1. The lowest BCUT2D eigenvalue weighted by Crippen LogP contribution is -2.17. The van der Waals surface area contributed by atoms with Crippen LogP contribution in [0.4, 0.5) is 13.2 Å². The first kappa shape index (κ1) is 13.6. The molecule has 0 bridgehead atoms. The molecule has 0 radical (unpaired) electrons. The van der Waals surface area contributed by atoms with Crippen molar-refractivity contribution in [1.29, 1.82) is 0 Å². The van der Waals surface area contributed by atoms with Crippen LogP contribution in [0.15, 0.2) is 18.2 Å². The van der Waals surface area contributed by atoms with Gasteiger partial charge >= 0.3 is 12.3 Å². The highest BCUT2D eigenvalue weighted by Crippen LogP contribution is 2.32. The maximum absolute atomic E-state index is 11.9. The minimum Gasteiger partial charge on any atom is -0.479 e. The van der Waals surface area contributed by atoms with Crippen molar-refractivity contribution in [3.05, 3.63) is 28.8 Å². The molecule has 0 amide bonds. The van der Waals surface area contributed by atoms with E-state index in [9.17, 15) is 18.0 Å². The normalized spacial score (nSPS) is 13.2. The molecule has 4 nitrogen and oxygen atoms in total. The Morgan fingerprint density at radius 2 is 2.00 bits per heavy atom. The number of aliphatic hydroxyl groups is 1. The summed E-state index contributed by atoms with van der Waals surface area (Å²) in [5.74, 6) is -2.20. The largest absolute Gasteiger partial charge is 0.573 e. The third-order valence-electron chi connectivity index (χ3n) is 1.73. The first-order valence-electron chi connectivity index (χ1n) is 4.17. The van der Waals surface area contributed by atoms with Crippen LogP contribution in [0.25, 0.3) is 0 Å². The van der Waals surface area contributed by atoms with Crippen LogP contribution >= 0.6 is 11.6 Å². The SMILES string of the molecule is O=C(O)C(O)c1ccc(OC(F)(F)F)c(Cl)c1. The number of hydrogen-bond acceptors (Lipinski definition) is 3. The van der Waals surface area contributed by atoms with Crippen LogP contribution in [0.1, 0.15) is 11.7 Å². The Kier molecular flexibility index (Phi) is 3.84. The Morgan fingerprint density at radius 1 is 1.41 bits per heavy atom. The van der Waals surface area contributed by atoms with Crippen molar-refractivity contribution in [2.45, 2.75) is 12.5 Å². The number of benzene rings is 1. The Hall–Kier alpha value is -1.47. The zero-order valence-corrected chi connectivity index (χ0v) is 8.79. The second-order valence-corrected chi connectivity index (χ2v) is 3.39. The second-order valence-electron chi connectivity index (χ2n) is 2.98. The number of carboxylic acid groups (broad SMARTS) is 1. The third kappa shape index (κ3) is 3.79. The number of ether oxygens (including phenoxy) is 1. The van der Waals surface area contributed by atoms with Gasteiger partial charge in [-0.3, -0.25) is 0 Å². The van der Waals surface area contributed by atoms with Crippen LogP contribution in [0.2, 0.25) is 5.02 Å². The van der Waals surface area contributed by atoms with Gasteiger partial charge in [0.1, 0.15) is 5.75 Å². The van der Waals surface area contributed by atoms with E-state index in [1.807, 2.05) is 0 Å². The zero-order chi connectivity index (χ0) is 13.2. The van der Waals surface area contributed by atoms with Crippen molar-refractivity contribution in [1.82, 2.24) is 0 Å². The number of aliphatic carboxylic acids is 1. The lowest BCUT2D eigenvalue weighted by molar-refractivity contribution is -0.274. The molecule has 0 heterocycles. The summed E-state index contributed by atoms with van der Waals surface area (Å²) in [6, 6.07) is 2.70. The molecule has 1 aromatic carbocycles. The van der Waals surface area contributed by atoms with Crippen LogP contribution in [0.3, 0.4) is 0 Å². The topological polar surface area (TPSA) is 66.8 Å².